The quantitative estimate of drug-likeness (QED) is 0.869. The van der Waals surface area contributed by atoms with Crippen LogP contribution in [0, 0.1) is 11.8 Å². The van der Waals surface area contributed by atoms with Crippen molar-refractivity contribution in [3.05, 3.63) is 35.4 Å². The second-order valence-electron chi connectivity index (χ2n) is 7.68. The third kappa shape index (κ3) is 5.02. The van der Waals surface area contributed by atoms with Crippen molar-refractivity contribution in [2.75, 3.05) is 32.7 Å². The number of carbonyl (C=O) groups is 1. The van der Waals surface area contributed by atoms with Gasteiger partial charge >= 0.3 is 6.18 Å². The van der Waals surface area contributed by atoms with Crippen molar-refractivity contribution in [3.63, 3.8) is 0 Å². The van der Waals surface area contributed by atoms with Gasteiger partial charge in [-0.05, 0) is 49.4 Å². The highest BCUT2D eigenvalue weighted by Crippen LogP contribution is 2.33. The first-order valence-corrected chi connectivity index (χ1v) is 9.76. The zero-order valence-corrected chi connectivity index (χ0v) is 15.5. The smallest absolute Gasteiger partial charge is 0.341 e. The fourth-order valence-electron chi connectivity index (χ4n) is 4.29. The van der Waals surface area contributed by atoms with Crippen LogP contribution in [-0.4, -0.2) is 48.4 Å². The molecule has 1 saturated carbocycles. The monoisotopic (exact) mass is 383 g/mol. The molecule has 0 radical (unpaired) electrons. The van der Waals surface area contributed by atoms with Crippen LogP contribution in [0.3, 0.4) is 0 Å². The Morgan fingerprint density at radius 3 is 2.44 bits per heavy atom. The summed E-state index contributed by atoms with van der Waals surface area (Å²) in [6, 6.07) is 5.36. The lowest BCUT2D eigenvalue weighted by atomic mass is 9.94. The molecule has 2 aliphatic rings. The first kappa shape index (κ1) is 20.1. The predicted octanol–water partition coefficient (Wildman–Crippen LogP) is 3.11. The summed E-state index contributed by atoms with van der Waals surface area (Å²) in [7, 11) is 0. The van der Waals surface area contributed by atoms with Gasteiger partial charge in [0.05, 0.1) is 5.56 Å². The standard InChI is InChI=1S/C20H28F3N3O/c21-20(22,23)17-7-5-15(6-8-17)14-25-9-2-10-26(12-11-25)19(27)18-4-1-3-16(18)13-24/h5-8,16,18H,1-4,9-14,24H2/t16-,18-/m1/s1. The van der Waals surface area contributed by atoms with Gasteiger partial charge in [-0.25, -0.2) is 0 Å². The number of alkyl halides is 3. The molecule has 0 bridgehead atoms. The zero-order valence-electron chi connectivity index (χ0n) is 15.5. The number of nitrogens with two attached hydrogens (primary N) is 1. The molecule has 2 atom stereocenters. The van der Waals surface area contributed by atoms with Crippen molar-refractivity contribution in [1.29, 1.82) is 0 Å². The molecule has 0 aromatic heterocycles. The molecule has 27 heavy (non-hydrogen) atoms. The van der Waals surface area contributed by atoms with E-state index in [1.165, 1.54) is 0 Å². The van der Waals surface area contributed by atoms with Crippen molar-refractivity contribution in [3.8, 4) is 0 Å². The maximum absolute atomic E-state index is 12.9. The molecule has 1 aromatic rings. The molecule has 1 amide bonds. The summed E-state index contributed by atoms with van der Waals surface area (Å²) in [6.07, 6.45) is -0.366. The van der Waals surface area contributed by atoms with Gasteiger partial charge in [-0.2, -0.15) is 13.2 Å². The average molecular weight is 383 g/mol. The highest BCUT2D eigenvalue weighted by Gasteiger charge is 2.35. The van der Waals surface area contributed by atoms with E-state index in [1.54, 1.807) is 12.1 Å². The van der Waals surface area contributed by atoms with Crippen LogP contribution in [-0.2, 0) is 17.5 Å². The van der Waals surface area contributed by atoms with E-state index in [1.807, 2.05) is 4.90 Å². The Hall–Kier alpha value is -1.60. The molecule has 0 spiro atoms. The molecule has 3 rings (SSSR count). The summed E-state index contributed by atoms with van der Waals surface area (Å²) in [5, 5.41) is 0. The zero-order chi connectivity index (χ0) is 19.4. The largest absolute Gasteiger partial charge is 0.416 e. The number of hydrogen-bond acceptors (Lipinski definition) is 3. The van der Waals surface area contributed by atoms with E-state index in [9.17, 15) is 18.0 Å². The van der Waals surface area contributed by atoms with E-state index in [0.717, 1.165) is 63.0 Å². The fourth-order valence-corrected chi connectivity index (χ4v) is 4.29. The predicted molar refractivity (Wildman–Crippen MR) is 97.8 cm³/mol. The van der Waals surface area contributed by atoms with E-state index in [4.69, 9.17) is 5.73 Å². The second-order valence-corrected chi connectivity index (χ2v) is 7.68. The van der Waals surface area contributed by atoms with Crippen LogP contribution in [0.25, 0.3) is 0 Å². The van der Waals surface area contributed by atoms with Crippen LogP contribution in [0.1, 0.15) is 36.8 Å². The summed E-state index contributed by atoms with van der Waals surface area (Å²) >= 11 is 0. The summed E-state index contributed by atoms with van der Waals surface area (Å²) in [5.74, 6) is 0.611. The summed E-state index contributed by atoms with van der Waals surface area (Å²) in [4.78, 5) is 17.0. The van der Waals surface area contributed by atoms with E-state index in [2.05, 4.69) is 4.90 Å². The molecule has 2 fully saturated rings. The van der Waals surface area contributed by atoms with Crippen LogP contribution < -0.4 is 5.73 Å². The summed E-state index contributed by atoms with van der Waals surface area (Å²) < 4.78 is 38.0. The molecule has 1 aliphatic heterocycles. The van der Waals surface area contributed by atoms with Gasteiger partial charge in [0, 0.05) is 38.6 Å². The van der Waals surface area contributed by atoms with Gasteiger partial charge in [-0.1, -0.05) is 18.6 Å². The molecule has 4 nitrogen and oxygen atoms in total. The highest BCUT2D eigenvalue weighted by atomic mass is 19.4. The topological polar surface area (TPSA) is 49.6 Å². The Bertz CT molecular complexity index is 632. The number of benzene rings is 1. The second kappa shape index (κ2) is 8.61. The number of carbonyl (C=O) groups excluding carboxylic acids is 1. The minimum Gasteiger partial charge on any atom is -0.341 e. The number of nitrogens with zero attached hydrogens (tertiary/aromatic N) is 2. The average Bonchev–Trinajstić information content (AvgIpc) is 3.00. The fraction of sp³-hybridized carbons (Fsp3) is 0.650. The summed E-state index contributed by atoms with van der Waals surface area (Å²) in [5.41, 5.74) is 6.06. The molecule has 7 heteroatoms. The van der Waals surface area contributed by atoms with Crippen LogP contribution in [0.2, 0.25) is 0 Å². The molecule has 1 heterocycles. The normalized spacial score (nSPS) is 24.8. The van der Waals surface area contributed by atoms with Crippen molar-refractivity contribution in [2.24, 2.45) is 17.6 Å². The molecule has 1 aromatic carbocycles. The van der Waals surface area contributed by atoms with Gasteiger partial charge in [0.15, 0.2) is 0 Å². The van der Waals surface area contributed by atoms with Crippen molar-refractivity contribution in [2.45, 2.75) is 38.4 Å². The van der Waals surface area contributed by atoms with Crippen LogP contribution in [0.5, 0.6) is 0 Å². The van der Waals surface area contributed by atoms with E-state index in [-0.39, 0.29) is 11.8 Å². The molecule has 1 aliphatic carbocycles. The SMILES string of the molecule is NC[C@H]1CCC[C@H]1C(=O)N1CCCN(Cc2ccc(C(F)(F)F)cc2)CC1. The van der Waals surface area contributed by atoms with Gasteiger partial charge in [0.2, 0.25) is 5.91 Å². The first-order chi connectivity index (χ1) is 12.9. The Kier molecular flexibility index (Phi) is 6.42. The molecule has 2 N–H and O–H groups in total. The minimum absolute atomic E-state index is 0.0662. The third-order valence-corrected chi connectivity index (χ3v) is 5.87. The number of amides is 1. The van der Waals surface area contributed by atoms with E-state index < -0.39 is 11.7 Å². The Morgan fingerprint density at radius 2 is 1.78 bits per heavy atom. The van der Waals surface area contributed by atoms with Gasteiger partial charge in [-0.15, -0.1) is 0 Å². The van der Waals surface area contributed by atoms with Crippen LogP contribution >= 0.6 is 0 Å². The lowest BCUT2D eigenvalue weighted by Gasteiger charge is -2.27. The van der Waals surface area contributed by atoms with E-state index in [0.29, 0.717) is 25.6 Å². The molecule has 150 valence electrons. The molecule has 1 saturated heterocycles. The van der Waals surface area contributed by atoms with Crippen molar-refractivity contribution < 1.29 is 18.0 Å². The summed E-state index contributed by atoms with van der Waals surface area (Å²) in [6.45, 7) is 4.19. The Labute approximate surface area is 158 Å². The van der Waals surface area contributed by atoms with Gasteiger partial charge in [0.1, 0.15) is 0 Å². The molecular weight excluding hydrogens is 355 g/mol. The van der Waals surface area contributed by atoms with Gasteiger partial charge < -0.3 is 10.6 Å². The Balaban J connectivity index is 1.54. The Morgan fingerprint density at radius 1 is 1.04 bits per heavy atom. The maximum Gasteiger partial charge on any atom is 0.416 e. The minimum atomic E-state index is -4.30. The van der Waals surface area contributed by atoms with Crippen LogP contribution in [0.4, 0.5) is 13.2 Å². The van der Waals surface area contributed by atoms with Gasteiger partial charge in [-0.3, -0.25) is 9.69 Å². The maximum atomic E-state index is 12.9. The number of hydrogen-bond donors (Lipinski definition) is 1. The highest BCUT2D eigenvalue weighted by molar-refractivity contribution is 5.79. The van der Waals surface area contributed by atoms with Crippen LogP contribution in [0.15, 0.2) is 24.3 Å². The molecule has 0 unspecified atom stereocenters. The third-order valence-electron chi connectivity index (χ3n) is 5.87. The lowest BCUT2D eigenvalue weighted by molar-refractivity contribution is -0.138. The number of rotatable bonds is 4. The first-order valence-electron chi connectivity index (χ1n) is 9.76. The van der Waals surface area contributed by atoms with Crippen molar-refractivity contribution in [1.82, 2.24) is 9.80 Å². The van der Waals surface area contributed by atoms with E-state index >= 15 is 0 Å². The lowest BCUT2D eigenvalue weighted by Crippen LogP contribution is -2.41. The molecular formula is C20H28F3N3O. The number of halogens is 3. The van der Waals surface area contributed by atoms with Crippen molar-refractivity contribution >= 4 is 5.91 Å². The van der Waals surface area contributed by atoms with Gasteiger partial charge in [0.25, 0.3) is 0 Å².